The summed E-state index contributed by atoms with van der Waals surface area (Å²) in [5, 5.41) is 5.89. The topological polar surface area (TPSA) is 72.4 Å². The molecule has 1 aliphatic heterocycles. The van der Waals surface area contributed by atoms with E-state index in [-0.39, 0.29) is 10.7 Å². The second kappa shape index (κ2) is 7.89. The van der Waals surface area contributed by atoms with Gasteiger partial charge in [0.15, 0.2) is 5.11 Å². The molecule has 0 atom stereocenters. The molecule has 2 aromatic carbocycles. The number of carbonyl (C=O) groups is 2. The molecule has 0 spiro atoms. The largest absolute Gasteiger partial charge is 0.491 e. The number of rotatable bonds is 5. The van der Waals surface area contributed by atoms with E-state index in [1.54, 1.807) is 6.08 Å². The molecule has 6 nitrogen and oxygen atoms in total. The molecule has 0 saturated carbocycles. The Morgan fingerprint density at radius 1 is 1.03 bits per heavy atom. The molecule has 0 aliphatic carbocycles. The van der Waals surface area contributed by atoms with Crippen molar-refractivity contribution in [2.24, 2.45) is 0 Å². The Hall–Kier alpha value is -3.45. The van der Waals surface area contributed by atoms with E-state index in [2.05, 4.69) is 15.2 Å². The number of hydrogen-bond donors (Lipinski definition) is 2. The van der Waals surface area contributed by atoms with Crippen molar-refractivity contribution in [2.75, 3.05) is 6.61 Å². The van der Waals surface area contributed by atoms with Crippen molar-refractivity contribution in [3.05, 3.63) is 71.4 Å². The number of para-hydroxylation sites is 2. The predicted octanol–water partition coefficient (Wildman–Crippen LogP) is 2.94. The van der Waals surface area contributed by atoms with Crippen LogP contribution in [0.2, 0.25) is 0 Å². The third kappa shape index (κ3) is 3.90. The van der Waals surface area contributed by atoms with Gasteiger partial charge in [-0.15, -0.1) is 0 Å². The normalized spacial score (nSPS) is 14.0. The molecule has 2 heterocycles. The Balaban J connectivity index is 1.61. The predicted molar refractivity (Wildman–Crippen MR) is 115 cm³/mol. The Labute approximate surface area is 173 Å². The fourth-order valence-electron chi connectivity index (χ4n) is 3.31. The summed E-state index contributed by atoms with van der Waals surface area (Å²) in [5.41, 5.74) is 2.89. The first-order chi connectivity index (χ1) is 14.0. The number of thiocarbonyl (C=S) groups is 1. The second-order valence-corrected chi connectivity index (χ2v) is 7.11. The summed E-state index contributed by atoms with van der Waals surface area (Å²) >= 11 is 4.85. The van der Waals surface area contributed by atoms with E-state index in [1.807, 2.05) is 61.7 Å². The smallest absolute Gasteiger partial charge is 0.263 e. The number of ether oxygens (including phenoxy) is 1. The monoisotopic (exact) mass is 405 g/mol. The highest BCUT2D eigenvalue weighted by Gasteiger charge is 2.26. The van der Waals surface area contributed by atoms with Crippen LogP contribution in [0.1, 0.15) is 11.1 Å². The number of hydrogen-bond acceptors (Lipinski definition) is 4. The molecule has 2 amide bonds. The van der Waals surface area contributed by atoms with Crippen molar-refractivity contribution in [3.63, 3.8) is 0 Å². The molecule has 1 aliphatic rings. The first kappa shape index (κ1) is 18.9. The van der Waals surface area contributed by atoms with E-state index >= 15 is 0 Å². The van der Waals surface area contributed by atoms with Gasteiger partial charge in [0.2, 0.25) is 0 Å². The lowest BCUT2D eigenvalue weighted by Crippen LogP contribution is -2.51. The van der Waals surface area contributed by atoms with Gasteiger partial charge in [0.05, 0.1) is 6.54 Å². The molecule has 0 radical (unpaired) electrons. The molecule has 1 aromatic heterocycles. The first-order valence-electron chi connectivity index (χ1n) is 9.17. The highest BCUT2D eigenvalue weighted by Crippen LogP contribution is 2.24. The highest BCUT2D eigenvalue weighted by atomic mass is 32.1. The van der Waals surface area contributed by atoms with Crippen LogP contribution in [0.4, 0.5) is 0 Å². The van der Waals surface area contributed by atoms with Crippen molar-refractivity contribution < 1.29 is 14.3 Å². The molecule has 4 rings (SSSR count). The van der Waals surface area contributed by atoms with Crippen LogP contribution in [0, 0.1) is 6.92 Å². The third-order valence-electron chi connectivity index (χ3n) is 4.75. The van der Waals surface area contributed by atoms with E-state index in [4.69, 9.17) is 17.0 Å². The quantitative estimate of drug-likeness (QED) is 0.389. The SMILES string of the molecule is Cc1ccccc1OCCn1cc(C=C2C(=O)NC(=S)NC2=O)c2ccccc21. The highest BCUT2D eigenvalue weighted by molar-refractivity contribution is 7.80. The van der Waals surface area contributed by atoms with E-state index in [0.717, 1.165) is 27.8 Å². The summed E-state index contributed by atoms with van der Waals surface area (Å²) in [4.78, 5) is 24.3. The maximum absolute atomic E-state index is 12.2. The van der Waals surface area contributed by atoms with Crippen molar-refractivity contribution in [1.82, 2.24) is 15.2 Å². The molecule has 0 unspecified atom stereocenters. The zero-order chi connectivity index (χ0) is 20.4. The van der Waals surface area contributed by atoms with Crippen LogP contribution in [0.5, 0.6) is 5.75 Å². The van der Waals surface area contributed by atoms with Crippen molar-refractivity contribution in [2.45, 2.75) is 13.5 Å². The van der Waals surface area contributed by atoms with Gasteiger partial charge in [0.25, 0.3) is 11.8 Å². The van der Waals surface area contributed by atoms with Gasteiger partial charge in [-0.25, -0.2) is 0 Å². The molecule has 1 saturated heterocycles. The molecule has 1 fully saturated rings. The summed E-state index contributed by atoms with van der Waals surface area (Å²) in [6.45, 7) is 3.13. The van der Waals surface area contributed by atoms with Crippen molar-refractivity contribution >= 4 is 46.1 Å². The lowest BCUT2D eigenvalue weighted by Gasteiger charge is -2.16. The Morgan fingerprint density at radius 2 is 1.72 bits per heavy atom. The van der Waals surface area contributed by atoms with Gasteiger partial charge in [-0.2, -0.15) is 0 Å². The minimum Gasteiger partial charge on any atom is -0.491 e. The number of amides is 2. The summed E-state index contributed by atoms with van der Waals surface area (Å²) in [6.07, 6.45) is 3.51. The first-order valence-corrected chi connectivity index (χ1v) is 9.58. The van der Waals surface area contributed by atoms with Crippen molar-refractivity contribution in [1.29, 1.82) is 0 Å². The zero-order valence-corrected chi connectivity index (χ0v) is 16.6. The van der Waals surface area contributed by atoms with E-state index in [9.17, 15) is 9.59 Å². The summed E-state index contributed by atoms with van der Waals surface area (Å²) in [7, 11) is 0. The number of carbonyl (C=O) groups excluding carboxylic acids is 2. The average molecular weight is 405 g/mol. The standard InChI is InChI=1S/C22H19N3O3S/c1-14-6-2-5-9-19(14)28-11-10-25-13-15(16-7-3-4-8-18(16)25)12-17-20(26)23-22(29)24-21(17)27/h2-9,12-13H,10-11H2,1H3,(H2,23,24,26,27,29). The van der Waals surface area contributed by atoms with Crippen LogP contribution >= 0.6 is 12.2 Å². The maximum atomic E-state index is 12.2. The van der Waals surface area contributed by atoms with Gasteiger partial charge in [-0.3, -0.25) is 20.2 Å². The Kier molecular flexibility index (Phi) is 5.14. The van der Waals surface area contributed by atoms with Crippen LogP contribution in [-0.2, 0) is 16.1 Å². The molecular formula is C22H19N3O3S. The van der Waals surface area contributed by atoms with Crippen LogP contribution in [-0.4, -0.2) is 28.1 Å². The van der Waals surface area contributed by atoms with Crippen LogP contribution in [0.25, 0.3) is 17.0 Å². The zero-order valence-electron chi connectivity index (χ0n) is 15.8. The number of nitrogens with zero attached hydrogens (tertiary/aromatic N) is 1. The minimum atomic E-state index is -0.501. The molecular weight excluding hydrogens is 386 g/mol. The Bertz CT molecular complexity index is 1140. The number of nitrogens with one attached hydrogen (secondary N) is 2. The number of aryl methyl sites for hydroxylation is 1. The summed E-state index contributed by atoms with van der Waals surface area (Å²) in [6, 6.07) is 15.7. The number of aromatic nitrogens is 1. The fraction of sp³-hybridized carbons (Fsp3) is 0.136. The van der Waals surface area contributed by atoms with Crippen LogP contribution < -0.4 is 15.4 Å². The minimum absolute atomic E-state index is 0.0212. The van der Waals surface area contributed by atoms with Crippen molar-refractivity contribution in [3.8, 4) is 5.75 Å². The molecule has 29 heavy (non-hydrogen) atoms. The molecule has 2 N–H and O–H groups in total. The molecule has 3 aromatic rings. The average Bonchev–Trinajstić information content (AvgIpc) is 3.04. The summed E-state index contributed by atoms with van der Waals surface area (Å²) < 4.78 is 7.97. The van der Waals surface area contributed by atoms with Gasteiger partial charge >= 0.3 is 0 Å². The molecule has 0 bridgehead atoms. The van der Waals surface area contributed by atoms with Gasteiger partial charge in [0.1, 0.15) is 17.9 Å². The van der Waals surface area contributed by atoms with Crippen LogP contribution in [0.15, 0.2) is 60.3 Å². The lowest BCUT2D eigenvalue weighted by atomic mass is 10.1. The van der Waals surface area contributed by atoms with Gasteiger partial charge in [-0.05, 0) is 42.9 Å². The van der Waals surface area contributed by atoms with E-state index < -0.39 is 11.8 Å². The van der Waals surface area contributed by atoms with E-state index in [1.165, 1.54) is 0 Å². The molecule has 7 heteroatoms. The van der Waals surface area contributed by atoms with E-state index in [0.29, 0.717) is 13.2 Å². The Morgan fingerprint density at radius 3 is 2.48 bits per heavy atom. The number of benzene rings is 2. The third-order valence-corrected chi connectivity index (χ3v) is 4.95. The fourth-order valence-corrected chi connectivity index (χ4v) is 3.49. The lowest BCUT2D eigenvalue weighted by molar-refractivity contribution is -0.123. The molecule has 146 valence electrons. The van der Waals surface area contributed by atoms with Crippen LogP contribution in [0.3, 0.4) is 0 Å². The number of fused-ring (bicyclic) bond motifs is 1. The van der Waals surface area contributed by atoms with Gasteiger partial charge in [-0.1, -0.05) is 36.4 Å². The second-order valence-electron chi connectivity index (χ2n) is 6.70. The summed E-state index contributed by atoms with van der Waals surface area (Å²) in [5.74, 6) is -0.144. The maximum Gasteiger partial charge on any atom is 0.263 e. The van der Waals surface area contributed by atoms with Gasteiger partial charge < -0.3 is 9.30 Å². The van der Waals surface area contributed by atoms with Gasteiger partial charge in [0, 0.05) is 22.7 Å².